The maximum atomic E-state index is 15.3. The third-order valence-electron chi connectivity index (χ3n) is 19.8. The Labute approximate surface area is 715 Å². The van der Waals surface area contributed by atoms with Crippen LogP contribution < -0.4 is 114 Å². The number of phenolic OH excluding ortho intramolecular Hbond substituents is 1. The smallest absolute Gasteiger partial charge is 0.325 e. The zero-order chi connectivity index (χ0) is 90.4. The second-order valence-electron chi connectivity index (χ2n) is 30.0. The largest absolute Gasteiger partial charge is 0.508 e. The third kappa shape index (κ3) is 38.0. The van der Waals surface area contributed by atoms with Gasteiger partial charge in [-0.05, 0) is 131 Å². The molecule has 0 saturated heterocycles. The molecule has 1 aromatic heterocycles. The molecule has 41 nitrogen and oxygen atoms in total. The number of guanidine groups is 3. The number of imidazole rings is 1. The highest BCUT2D eigenvalue weighted by Gasteiger charge is 2.39. The molecule has 0 aliphatic rings. The molecule has 12 amide bonds. The number of amides is 12. The summed E-state index contributed by atoms with van der Waals surface area (Å²) in [6.07, 6.45) is 4.31. The Morgan fingerprint density at radius 1 is 0.418 bits per heavy atom. The molecule has 42 heteroatoms. The van der Waals surface area contributed by atoms with Crippen molar-refractivity contribution in [3.63, 3.8) is 0 Å². The lowest BCUT2D eigenvalue weighted by atomic mass is 9.96. The van der Waals surface area contributed by atoms with Crippen molar-refractivity contribution in [3.05, 3.63) is 120 Å². The van der Waals surface area contributed by atoms with Gasteiger partial charge in [0, 0.05) is 57.3 Å². The normalized spacial score (nSPS) is 14.5. The van der Waals surface area contributed by atoms with E-state index in [4.69, 9.17) is 50.6 Å². The highest BCUT2D eigenvalue weighted by molar-refractivity contribution is 7.80. The number of aromatic nitrogens is 2. The number of carboxylic acid groups (broad SMARTS) is 1. The van der Waals surface area contributed by atoms with Gasteiger partial charge in [0.05, 0.1) is 18.1 Å². The van der Waals surface area contributed by atoms with Gasteiger partial charge in [-0.15, -0.1) is 0 Å². The van der Waals surface area contributed by atoms with E-state index in [0.717, 1.165) is 0 Å². The van der Waals surface area contributed by atoms with Crippen LogP contribution in [0.4, 0.5) is 0 Å². The molecule has 4 rings (SSSR count). The fraction of sp³-hybridized carbons (Fsp3) is 0.537. The average Bonchev–Trinajstić information content (AvgIpc) is 0.974. The van der Waals surface area contributed by atoms with E-state index in [-0.39, 0.29) is 127 Å². The van der Waals surface area contributed by atoms with E-state index in [9.17, 15) is 53.4 Å². The van der Waals surface area contributed by atoms with Crippen LogP contribution >= 0.6 is 12.6 Å². The molecule has 0 spiro atoms. The number of carbonyl (C=O) groups excluding carboxylic acids is 12. The summed E-state index contributed by atoms with van der Waals surface area (Å²) < 4.78 is 0. The molecule has 0 aliphatic carbocycles. The molecule has 0 aliphatic heterocycles. The summed E-state index contributed by atoms with van der Waals surface area (Å²) in [5, 5.41) is 82.9. The number of hydrogen-bond donors (Lipinski definition) is 28. The Morgan fingerprint density at radius 2 is 0.754 bits per heavy atom. The quantitative estimate of drug-likeness (QED) is 0.00876. The van der Waals surface area contributed by atoms with Crippen LogP contribution in [0.3, 0.4) is 0 Å². The van der Waals surface area contributed by atoms with Gasteiger partial charge in [0.25, 0.3) is 0 Å². The molecule has 33 N–H and O–H groups in total. The van der Waals surface area contributed by atoms with E-state index >= 15 is 19.2 Å². The Bertz CT molecular complexity index is 4040. The number of unbranched alkanes of at least 4 members (excludes halogenated alkanes) is 2. The van der Waals surface area contributed by atoms with Gasteiger partial charge >= 0.3 is 5.97 Å². The van der Waals surface area contributed by atoms with E-state index in [1.807, 2.05) is 0 Å². The lowest BCUT2D eigenvalue weighted by Gasteiger charge is -2.30. The van der Waals surface area contributed by atoms with E-state index in [1.54, 1.807) is 88.4 Å². The zero-order valence-electron chi connectivity index (χ0n) is 69.7. The fourth-order valence-electron chi connectivity index (χ4n) is 12.6. The summed E-state index contributed by atoms with van der Waals surface area (Å²) in [5.41, 5.74) is 36.1. The van der Waals surface area contributed by atoms with Crippen molar-refractivity contribution in [3.8, 4) is 5.75 Å². The average molecular weight is 1720 g/mol. The molecule has 14 atom stereocenters. The van der Waals surface area contributed by atoms with Gasteiger partial charge in [-0.1, -0.05) is 113 Å². The first kappa shape index (κ1) is 102. The number of aliphatic carboxylic acids is 1. The molecule has 122 heavy (non-hydrogen) atoms. The van der Waals surface area contributed by atoms with Crippen LogP contribution in [0.2, 0.25) is 0 Å². The maximum absolute atomic E-state index is 15.3. The Kier molecular flexibility index (Phi) is 46.0. The second kappa shape index (κ2) is 54.9. The number of nitrogens with two attached hydrogens (primary N) is 6. The number of thiol groups is 1. The minimum atomic E-state index is -1.58. The fourth-order valence-corrected chi connectivity index (χ4v) is 12.8. The molecular weight excluding hydrogens is 1600 g/mol. The van der Waals surface area contributed by atoms with Gasteiger partial charge in [0.15, 0.2) is 17.9 Å². The van der Waals surface area contributed by atoms with Crippen molar-refractivity contribution < 1.29 is 72.5 Å². The summed E-state index contributed by atoms with van der Waals surface area (Å²) in [5.74, 6) is -14.8. The molecule has 0 unspecified atom stereocenters. The molecule has 1 heterocycles. The number of aromatic hydroxyl groups is 1. The number of carbonyl (C=O) groups is 13. The van der Waals surface area contributed by atoms with Crippen LogP contribution in [0.25, 0.3) is 0 Å². The highest BCUT2D eigenvalue weighted by Crippen LogP contribution is 2.18. The van der Waals surface area contributed by atoms with Crippen molar-refractivity contribution in [1.82, 2.24) is 89.7 Å². The van der Waals surface area contributed by atoms with Crippen LogP contribution in [-0.2, 0) is 88.0 Å². The number of rotatable bonds is 57. The number of carboxylic acids is 1. The van der Waals surface area contributed by atoms with Crippen LogP contribution in [-0.4, -0.2) is 232 Å². The van der Waals surface area contributed by atoms with Crippen LogP contribution in [0, 0.1) is 28.1 Å². The van der Waals surface area contributed by atoms with E-state index in [2.05, 4.69) is 102 Å². The Morgan fingerprint density at radius 3 is 1.13 bits per heavy atom. The van der Waals surface area contributed by atoms with Gasteiger partial charge in [-0.2, -0.15) is 12.6 Å². The maximum Gasteiger partial charge on any atom is 0.325 e. The first-order valence-corrected chi connectivity index (χ1v) is 41.4. The van der Waals surface area contributed by atoms with Crippen molar-refractivity contribution in [2.45, 2.75) is 222 Å². The Balaban J connectivity index is 1.72. The number of aromatic amines is 1. The number of benzene rings is 3. The van der Waals surface area contributed by atoms with Crippen molar-refractivity contribution in [1.29, 1.82) is 16.2 Å². The van der Waals surface area contributed by atoms with Crippen molar-refractivity contribution in [2.75, 3.05) is 38.5 Å². The predicted octanol–water partition coefficient (Wildman–Crippen LogP) is -3.68. The minimum absolute atomic E-state index is 0.00134. The number of nitrogens with zero attached hydrogens (tertiary/aromatic N) is 1. The first-order valence-electron chi connectivity index (χ1n) is 40.8. The SMILES string of the molecule is CC[C@H](C)[C@H](NC(=O)[C@H](Cc1c[nH]cn1)NC(=O)[C@H](CCCNC(=N)N)NC(=O)[C@H](Cc1ccccc1)NC(=O)[C@H](Cc1ccccc1)NC(=O)[C@H](CS)NC(=O)[C@H](CCCNC(=N)N)NC(=O)[C@H](CCCNC(=N)N)NC(=O)[C@H](CCCCN)NC(=O)[C@@H](N)CCCCN)C(=O)N[C@@H](Cc1ccc(O)cc1)C(=O)N[C@H](C(=O)N[C@@H](C)C(=O)O)C(C)C. The summed E-state index contributed by atoms with van der Waals surface area (Å²) in [6, 6.07) is 4.21. The molecular formula is C80H126N26O15S. The predicted molar refractivity (Wildman–Crippen MR) is 460 cm³/mol. The summed E-state index contributed by atoms with van der Waals surface area (Å²) >= 11 is 4.44. The number of hydrogen-bond acceptors (Lipinski definition) is 22. The van der Waals surface area contributed by atoms with Crippen LogP contribution in [0.5, 0.6) is 5.75 Å². The lowest BCUT2D eigenvalue weighted by molar-refractivity contribution is -0.142. The van der Waals surface area contributed by atoms with Crippen LogP contribution in [0.15, 0.2) is 97.5 Å². The molecule has 3 aromatic carbocycles. The van der Waals surface area contributed by atoms with Crippen LogP contribution in [0.1, 0.15) is 140 Å². The standard InChI is InChI=1S/C80H126N26O15S/c1-6-46(4)64(76(119)103-60(40-50-29-31-52(107)32-30-50)72(115)105-63(45(2)3)75(118)95-47(5)77(120)121)106-73(116)61(41-51-42-90-44-94-51)102-68(111)56(27-18-36-92-79(86)87)99-70(113)58(38-48-20-9-7-10-21-48)100-71(114)59(39-49-22-11-8-12-23-49)101-74(117)62(43-122)104-69(112)57(28-19-37-93-80(88)89)98-67(110)55(26-17-35-91-78(84)85)97-66(109)54(25-14-16-34-82)96-65(108)53(83)24-13-15-33-81/h7-12,20-23,29-32,42,44-47,53-64,107,122H,6,13-19,24-28,33-41,43,81-83H2,1-5H3,(H,90,94)(H,95,118)(H,96,108)(H,97,109)(H,98,110)(H,99,113)(H,100,114)(H,101,117)(H,102,111)(H,103,119)(H,104,112)(H,105,115)(H,106,116)(H,120,121)(H4,84,85,91)(H4,86,87,92)(H4,88,89,93)/t46-,47-,53-,54-,55-,56-,57-,58-,59-,60-,61-,62-,63-,64-/m0/s1. The molecule has 0 bridgehead atoms. The van der Waals surface area contributed by atoms with Crippen molar-refractivity contribution in [2.24, 2.45) is 46.2 Å². The van der Waals surface area contributed by atoms with Gasteiger partial charge < -0.3 is 129 Å². The number of H-pyrrole nitrogens is 1. The summed E-state index contributed by atoms with van der Waals surface area (Å²) in [7, 11) is 0. The van der Waals surface area contributed by atoms with Gasteiger partial charge in [0.2, 0.25) is 70.9 Å². The van der Waals surface area contributed by atoms with Gasteiger partial charge in [0.1, 0.15) is 78.3 Å². The highest BCUT2D eigenvalue weighted by atomic mass is 32.1. The van der Waals surface area contributed by atoms with Gasteiger partial charge in [-0.3, -0.25) is 78.6 Å². The number of phenols is 1. The van der Waals surface area contributed by atoms with Gasteiger partial charge in [-0.25, -0.2) is 4.98 Å². The van der Waals surface area contributed by atoms with Crippen molar-refractivity contribution >= 4 is 107 Å². The van der Waals surface area contributed by atoms with E-state index < -0.39 is 185 Å². The zero-order valence-corrected chi connectivity index (χ0v) is 70.6. The molecule has 0 fully saturated rings. The first-order chi connectivity index (χ1) is 58.1. The monoisotopic (exact) mass is 1720 g/mol. The topological polar surface area (TPSA) is 699 Å². The lowest BCUT2D eigenvalue weighted by Crippen LogP contribution is -2.62. The molecule has 672 valence electrons. The third-order valence-corrected chi connectivity index (χ3v) is 20.1. The number of nitrogens with one attached hydrogen (secondary N) is 19. The minimum Gasteiger partial charge on any atom is -0.508 e. The second-order valence-corrected chi connectivity index (χ2v) is 30.4. The molecule has 0 radical (unpaired) electrons. The Hall–Kier alpha value is -12.2. The van der Waals surface area contributed by atoms with E-state index in [0.29, 0.717) is 48.9 Å². The summed E-state index contributed by atoms with van der Waals surface area (Å²) in [4.78, 5) is 194. The molecule has 4 aromatic rings. The summed E-state index contributed by atoms with van der Waals surface area (Å²) in [6.45, 7) is 8.64. The molecule has 0 saturated carbocycles. The van der Waals surface area contributed by atoms with E-state index in [1.165, 1.54) is 43.7 Å².